The molecule has 0 saturated carbocycles. The number of nitro benzene ring substituents is 1. The van der Waals surface area contributed by atoms with Crippen LogP contribution in [0.3, 0.4) is 0 Å². The average Bonchev–Trinajstić information content (AvgIpc) is 2.47. The lowest BCUT2D eigenvalue weighted by atomic mass is 10.0. The van der Waals surface area contributed by atoms with E-state index in [0.29, 0.717) is 5.56 Å². The largest absolute Gasteiger partial charge is 0.460 e. The van der Waals surface area contributed by atoms with Gasteiger partial charge in [-0.3, -0.25) is 19.7 Å². The van der Waals surface area contributed by atoms with Crippen molar-refractivity contribution in [3.8, 4) is 11.3 Å². The first-order valence-corrected chi connectivity index (χ1v) is 7.20. The van der Waals surface area contributed by atoms with Crippen molar-refractivity contribution in [1.82, 2.24) is 9.97 Å². The van der Waals surface area contributed by atoms with E-state index in [-0.39, 0.29) is 23.4 Å². The number of nitrogens with zero attached hydrogens (tertiary/aromatic N) is 2. The molecule has 0 spiro atoms. The van der Waals surface area contributed by atoms with Crippen LogP contribution in [0.4, 0.5) is 5.69 Å². The Hall–Kier alpha value is -3.03. The van der Waals surface area contributed by atoms with Gasteiger partial charge >= 0.3 is 5.97 Å². The topological polar surface area (TPSA) is 115 Å². The van der Waals surface area contributed by atoms with Crippen LogP contribution in [0.2, 0.25) is 0 Å². The molecule has 0 fully saturated rings. The maximum atomic E-state index is 12.1. The van der Waals surface area contributed by atoms with E-state index in [0.717, 1.165) is 0 Å². The summed E-state index contributed by atoms with van der Waals surface area (Å²) in [7, 11) is 0. The van der Waals surface area contributed by atoms with Crippen LogP contribution in [0.5, 0.6) is 0 Å². The predicted octanol–water partition coefficient (Wildman–Crippen LogP) is 2.23. The van der Waals surface area contributed by atoms with E-state index >= 15 is 0 Å². The normalized spacial score (nSPS) is 11.1. The number of aromatic amines is 1. The molecule has 0 bridgehead atoms. The molecule has 1 aromatic heterocycles. The van der Waals surface area contributed by atoms with Gasteiger partial charge in [-0.05, 0) is 20.8 Å². The number of hydrogen-bond acceptors (Lipinski definition) is 6. The molecular weight excluding hydrogens is 314 g/mol. The Morgan fingerprint density at radius 2 is 2.08 bits per heavy atom. The van der Waals surface area contributed by atoms with Crippen LogP contribution >= 0.6 is 0 Å². The van der Waals surface area contributed by atoms with Crippen molar-refractivity contribution in [3.63, 3.8) is 0 Å². The zero-order valence-corrected chi connectivity index (χ0v) is 13.5. The predicted molar refractivity (Wildman–Crippen MR) is 86.5 cm³/mol. The lowest BCUT2D eigenvalue weighted by molar-refractivity contribution is -0.384. The van der Waals surface area contributed by atoms with Gasteiger partial charge in [-0.15, -0.1) is 0 Å². The smallest absolute Gasteiger partial charge is 0.311 e. The Morgan fingerprint density at radius 3 is 2.71 bits per heavy atom. The molecule has 0 saturated heterocycles. The monoisotopic (exact) mass is 331 g/mol. The molecule has 1 heterocycles. The highest BCUT2D eigenvalue weighted by Gasteiger charge is 2.21. The van der Waals surface area contributed by atoms with Gasteiger partial charge in [0.05, 0.1) is 28.9 Å². The molecule has 0 aliphatic carbocycles. The molecule has 8 nitrogen and oxygen atoms in total. The third-order valence-corrected chi connectivity index (χ3v) is 3.02. The number of esters is 1. The zero-order chi connectivity index (χ0) is 17.9. The summed E-state index contributed by atoms with van der Waals surface area (Å²) in [5.74, 6) is -0.576. The lowest BCUT2D eigenvalue weighted by Crippen LogP contribution is -2.27. The van der Waals surface area contributed by atoms with Crippen LogP contribution in [0.25, 0.3) is 11.3 Å². The van der Waals surface area contributed by atoms with Crippen molar-refractivity contribution in [2.24, 2.45) is 0 Å². The number of nitrogens with one attached hydrogen (secondary N) is 1. The van der Waals surface area contributed by atoms with E-state index in [9.17, 15) is 19.7 Å². The summed E-state index contributed by atoms with van der Waals surface area (Å²) in [5.41, 5.74) is -0.595. The maximum absolute atomic E-state index is 12.1. The van der Waals surface area contributed by atoms with E-state index in [1.165, 1.54) is 24.5 Å². The summed E-state index contributed by atoms with van der Waals surface area (Å²) < 4.78 is 5.22. The molecule has 0 aliphatic rings. The molecule has 2 aromatic rings. The fraction of sp³-hybridized carbons (Fsp3) is 0.312. The second-order valence-electron chi connectivity index (χ2n) is 6.13. The molecular formula is C16H17N3O5. The van der Waals surface area contributed by atoms with Crippen LogP contribution in [-0.4, -0.2) is 26.5 Å². The van der Waals surface area contributed by atoms with Crippen LogP contribution in [0.15, 0.2) is 35.4 Å². The first kappa shape index (κ1) is 17.3. The van der Waals surface area contributed by atoms with E-state index in [2.05, 4.69) is 9.97 Å². The number of hydrogen-bond donors (Lipinski definition) is 1. The Morgan fingerprint density at radius 1 is 1.38 bits per heavy atom. The molecule has 0 atom stereocenters. The number of nitro groups is 1. The molecule has 2 rings (SSSR count). The molecule has 1 N–H and O–H groups in total. The Bertz CT molecular complexity index is 836. The van der Waals surface area contributed by atoms with Crippen LogP contribution < -0.4 is 5.56 Å². The molecule has 126 valence electrons. The SMILES string of the molecule is CC(C)(C)OC(=O)Cc1c(-c2cccc([N+](=O)[O-])c2)nc[nH]c1=O. The molecule has 0 aliphatic heterocycles. The first-order chi connectivity index (χ1) is 11.2. The number of carbonyl (C=O) groups is 1. The molecule has 24 heavy (non-hydrogen) atoms. The zero-order valence-electron chi connectivity index (χ0n) is 13.5. The van der Waals surface area contributed by atoms with Crippen LogP contribution in [0, 0.1) is 10.1 Å². The maximum Gasteiger partial charge on any atom is 0.311 e. The Labute approximate surface area is 137 Å². The van der Waals surface area contributed by atoms with E-state index in [4.69, 9.17) is 4.74 Å². The minimum Gasteiger partial charge on any atom is -0.460 e. The highest BCUT2D eigenvalue weighted by Crippen LogP contribution is 2.24. The quantitative estimate of drug-likeness (QED) is 0.522. The lowest BCUT2D eigenvalue weighted by Gasteiger charge is -2.19. The highest BCUT2D eigenvalue weighted by molar-refractivity contribution is 5.77. The van der Waals surface area contributed by atoms with Crippen molar-refractivity contribution >= 4 is 11.7 Å². The second-order valence-corrected chi connectivity index (χ2v) is 6.13. The summed E-state index contributed by atoms with van der Waals surface area (Å²) >= 11 is 0. The molecule has 0 radical (unpaired) electrons. The number of non-ortho nitro benzene ring substituents is 1. The number of rotatable bonds is 4. The Kier molecular flexibility index (Phi) is 4.77. The molecule has 1 aromatic carbocycles. The van der Waals surface area contributed by atoms with Gasteiger partial charge < -0.3 is 9.72 Å². The summed E-state index contributed by atoms with van der Waals surface area (Å²) in [5, 5.41) is 10.9. The van der Waals surface area contributed by atoms with Gasteiger partial charge in [0.25, 0.3) is 11.2 Å². The fourth-order valence-corrected chi connectivity index (χ4v) is 2.13. The van der Waals surface area contributed by atoms with Crippen molar-refractivity contribution in [2.45, 2.75) is 32.8 Å². The number of benzene rings is 1. The molecule has 0 amide bonds. The van der Waals surface area contributed by atoms with E-state index < -0.39 is 22.1 Å². The van der Waals surface area contributed by atoms with Crippen molar-refractivity contribution < 1.29 is 14.5 Å². The highest BCUT2D eigenvalue weighted by atomic mass is 16.6. The standard InChI is InChI=1S/C16H17N3O5/c1-16(2,3)24-13(20)8-12-14(17-9-18-15(12)21)10-5-4-6-11(7-10)19(22)23/h4-7,9H,8H2,1-3H3,(H,17,18,21). The molecule has 0 unspecified atom stereocenters. The summed E-state index contributed by atoms with van der Waals surface area (Å²) in [6, 6.07) is 5.73. The molecule has 8 heteroatoms. The third kappa shape index (κ3) is 4.25. The number of ether oxygens (including phenoxy) is 1. The second kappa shape index (κ2) is 6.61. The van der Waals surface area contributed by atoms with E-state index in [1.807, 2.05) is 0 Å². The minimum atomic E-state index is -0.683. The average molecular weight is 331 g/mol. The van der Waals surface area contributed by atoms with Gasteiger partial charge in [0.15, 0.2) is 0 Å². The Balaban J connectivity index is 2.44. The number of H-pyrrole nitrogens is 1. The minimum absolute atomic E-state index is 0.104. The third-order valence-electron chi connectivity index (χ3n) is 3.02. The van der Waals surface area contributed by atoms with Gasteiger partial charge in [-0.25, -0.2) is 4.98 Å². The van der Waals surface area contributed by atoms with Crippen LogP contribution in [-0.2, 0) is 16.0 Å². The number of aromatic nitrogens is 2. The van der Waals surface area contributed by atoms with Crippen molar-refractivity contribution in [2.75, 3.05) is 0 Å². The van der Waals surface area contributed by atoms with Gasteiger partial charge in [0, 0.05) is 17.7 Å². The summed E-state index contributed by atoms with van der Waals surface area (Å²) in [6.07, 6.45) is 0.910. The fourth-order valence-electron chi connectivity index (χ4n) is 2.13. The number of carbonyl (C=O) groups excluding carboxylic acids is 1. The van der Waals surface area contributed by atoms with Gasteiger partial charge in [-0.2, -0.15) is 0 Å². The van der Waals surface area contributed by atoms with Crippen molar-refractivity contribution in [1.29, 1.82) is 0 Å². The summed E-state index contributed by atoms with van der Waals surface area (Å²) in [6.45, 7) is 5.17. The summed E-state index contributed by atoms with van der Waals surface area (Å²) in [4.78, 5) is 41.0. The van der Waals surface area contributed by atoms with Gasteiger partial charge in [0.2, 0.25) is 0 Å². The first-order valence-electron chi connectivity index (χ1n) is 7.20. The van der Waals surface area contributed by atoms with Gasteiger partial charge in [0.1, 0.15) is 5.60 Å². The van der Waals surface area contributed by atoms with Crippen molar-refractivity contribution in [3.05, 3.63) is 56.6 Å². The van der Waals surface area contributed by atoms with E-state index in [1.54, 1.807) is 26.8 Å². The van der Waals surface area contributed by atoms with Gasteiger partial charge in [-0.1, -0.05) is 12.1 Å². The van der Waals surface area contributed by atoms with Crippen LogP contribution in [0.1, 0.15) is 26.3 Å².